The molecule has 0 aliphatic rings. The third-order valence-electron chi connectivity index (χ3n) is 4.89. The van der Waals surface area contributed by atoms with Gasteiger partial charge in [-0.05, 0) is 37.1 Å². The molecule has 2 aromatic carbocycles. The average molecular weight is 448 g/mol. The first kappa shape index (κ1) is 24.2. The van der Waals surface area contributed by atoms with Crippen molar-refractivity contribution in [3.05, 3.63) is 59.7 Å². The Hall–Kier alpha value is -3.07. The fourth-order valence-corrected chi connectivity index (χ4v) is 4.01. The lowest BCUT2D eigenvalue weighted by Gasteiger charge is -2.31. The van der Waals surface area contributed by atoms with Gasteiger partial charge in [0.1, 0.15) is 18.3 Å². The number of likely N-dealkylation sites (N-methyl/N-ethyl adjacent to an activating group) is 1. The number of methoxy groups -OCH3 is 1. The van der Waals surface area contributed by atoms with Crippen molar-refractivity contribution >= 4 is 27.5 Å². The summed E-state index contributed by atoms with van der Waals surface area (Å²) in [5.74, 6) is -0.518. The van der Waals surface area contributed by atoms with E-state index in [0.717, 1.165) is 21.7 Å². The first-order chi connectivity index (χ1) is 14.6. The molecule has 1 N–H and O–H groups in total. The van der Waals surface area contributed by atoms with Gasteiger partial charge in [0.25, 0.3) is 0 Å². The number of hydrogen-bond donors (Lipinski definition) is 1. The normalized spacial score (nSPS) is 12.0. The van der Waals surface area contributed by atoms with Gasteiger partial charge < -0.3 is 15.0 Å². The lowest BCUT2D eigenvalue weighted by molar-refractivity contribution is -0.139. The number of carbonyl (C=O) groups excluding carboxylic acids is 2. The molecule has 0 spiro atoms. The van der Waals surface area contributed by atoms with E-state index in [2.05, 4.69) is 5.32 Å². The molecule has 31 heavy (non-hydrogen) atoms. The van der Waals surface area contributed by atoms with E-state index in [0.29, 0.717) is 5.75 Å². The Bertz CT molecular complexity index is 1020. The number of hydrogen-bond acceptors (Lipinski definition) is 5. The Morgan fingerprint density at radius 1 is 1.13 bits per heavy atom. The van der Waals surface area contributed by atoms with Gasteiger partial charge in [-0.15, -0.1) is 0 Å². The first-order valence-corrected chi connectivity index (χ1v) is 11.6. The van der Waals surface area contributed by atoms with Crippen molar-refractivity contribution in [3.63, 3.8) is 0 Å². The molecule has 2 aromatic rings. The number of amides is 2. The van der Waals surface area contributed by atoms with Crippen molar-refractivity contribution in [1.82, 2.24) is 10.2 Å². The zero-order chi connectivity index (χ0) is 23.2. The third-order valence-corrected chi connectivity index (χ3v) is 6.02. The highest BCUT2D eigenvalue weighted by Gasteiger charge is 2.30. The number of rotatable bonds is 9. The lowest BCUT2D eigenvalue weighted by atomic mass is 10.1. The van der Waals surface area contributed by atoms with E-state index >= 15 is 0 Å². The molecule has 0 aromatic heterocycles. The number of carbonyl (C=O) groups is 2. The zero-order valence-corrected chi connectivity index (χ0v) is 19.3. The molecule has 2 rings (SSSR count). The summed E-state index contributed by atoms with van der Waals surface area (Å²) in [7, 11) is -0.888. The highest BCUT2D eigenvalue weighted by molar-refractivity contribution is 7.92. The summed E-state index contributed by atoms with van der Waals surface area (Å²) in [6.45, 7) is 3.13. The van der Waals surface area contributed by atoms with Gasteiger partial charge in [0.15, 0.2) is 0 Å². The average Bonchev–Trinajstić information content (AvgIpc) is 2.74. The summed E-state index contributed by atoms with van der Waals surface area (Å²) < 4.78 is 31.5. The number of aryl methyl sites for hydroxylation is 1. The van der Waals surface area contributed by atoms with Gasteiger partial charge in [-0.2, -0.15) is 0 Å². The Balaban J connectivity index is 2.44. The maximum Gasteiger partial charge on any atom is 0.244 e. The standard InChI is InChI=1S/C22H29N3O5S/c1-16-11-12-20(30-4)19(13-16)25(31(5,28)29)15-21(26)24(17(2)22(27)23-3)14-18-9-7-6-8-10-18/h6-13,17H,14-15H2,1-5H3,(H,23,27)/t17-/m0/s1. The fourth-order valence-electron chi connectivity index (χ4n) is 3.16. The number of nitrogens with zero attached hydrogens (tertiary/aromatic N) is 2. The van der Waals surface area contributed by atoms with Gasteiger partial charge in [-0.3, -0.25) is 13.9 Å². The van der Waals surface area contributed by atoms with Crippen molar-refractivity contribution in [2.45, 2.75) is 26.4 Å². The quantitative estimate of drug-likeness (QED) is 0.634. The highest BCUT2D eigenvalue weighted by atomic mass is 32.2. The second-order valence-electron chi connectivity index (χ2n) is 7.24. The molecule has 0 bridgehead atoms. The van der Waals surface area contributed by atoms with Crippen molar-refractivity contribution in [3.8, 4) is 5.75 Å². The van der Waals surface area contributed by atoms with Crippen LogP contribution in [0.1, 0.15) is 18.1 Å². The van der Waals surface area contributed by atoms with Crippen LogP contribution in [0.4, 0.5) is 5.69 Å². The van der Waals surface area contributed by atoms with E-state index in [1.54, 1.807) is 25.1 Å². The number of sulfonamides is 1. The summed E-state index contributed by atoms with van der Waals surface area (Å²) in [4.78, 5) is 27.0. The minimum absolute atomic E-state index is 0.164. The van der Waals surface area contributed by atoms with Crippen molar-refractivity contribution in [1.29, 1.82) is 0 Å². The Labute approximate surface area is 183 Å². The number of nitrogens with one attached hydrogen (secondary N) is 1. The molecule has 2 amide bonds. The van der Waals surface area contributed by atoms with E-state index in [9.17, 15) is 18.0 Å². The van der Waals surface area contributed by atoms with Crippen LogP contribution in [-0.2, 0) is 26.2 Å². The van der Waals surface area contributed by atoms with E-state index in [-0.39, 0.29) is 18.1 Å². The van der Waals surface area contributed by atoms with Crippen LogP contribution >= 0.6 is 0 Å². The topological polar surface area (TPSA) is 96.0 Å². The SMILES string of the molecule is CNC(=O)[C@H](C)N(Cc1ccccc1)C(=O)CN(c1cc(C)ccc1OC)S(C)(=O)=O. The summed E-state index contributed by atoms with van der Waals surface area (Å²) >= 11 is 0. The smallest absolute Gasteiger partial charge is 0.244 e. The molecular weight excluding hydrogens is 418 g/mol. The maximum absolute atomic E-state index is 13.3. The highest BCUT2D eigenvalue weighted by Crippen LogP contribution is 2.31. The molecule has 0 radical (unpaired) electrons. The van der Waals surface area contributed by atoms with E-state index in [1.165, 1.54) is 19.1 Å². The largest absolute Gasteiger partial charge is 0.495 e. The molecule has 0 unspecified atom stereocenters. The summed E-state index contributed by atoms with van der Waals surface area (Å²) in [6, 6.07) is 13.5. The van der Waals surface area contributed by atoms with E-state index < -0.39 is 28.5 Å². The third kappa shape index (κ3) is 6.21. The summed E-state index contributed by atoms with van der Waals surface area (Å²) in [6.07, 6.45) is 1.03. The van der Waals surface area contributed by atoms with Crippen LogP contribution in [0.2, 0.25) is 0 Å². The van der Waals surface area contributed by atoms with Crippen LogP contribution in [0, 0.1) is 6.92 Å². The molecule has 8 nitrogen and oxygen atoms in total. The Kier molecular flexibility index (Phi) is 8.04. The molecule has 0 heterocycles. The molecule has 0 saturated heterocycles. The van der Waals surface area contributed by atoms with Crippen LogP contribution in [-0.4, -0.2) is 58.1 Å². The monoisotopic (exact) mass is 447 g/mol. The van der Waals surface area contributed by atoms with Crippen LogP contribution in [0.15, 0.2) is 48.5 Å². The second kappa shape index (κ2) is 10.3. The lowest BCUT2D eigenvalue weighted by Crippen LogP contribution is -2.50. The van der Waals surface area contributed by atoms with Gasteiger partial charge in [0.2, 0.25) is 21.8 Å². The molecule has 0 aliphatic carbocycles. The van der Waals surface area contributed by atoms with E-state index in [4.69, 9.17) is 4.74 Å². The zero-order valence-electron chi connectivity index (χ0n) is 18.5. The van der Waals surface area contributed by atoms with Gasteiger partial charge in [0, 0.05) is 13.6 Å². The van der Waals surface area contributed by atoms with Gasteiger partial charge in [-0.25, -0.2) is 8.42 Å². The first-order valence-electron chi connectivity index (χ1n) is 9.75. The number of ether oxygens (including phenoxy) is 1. The van der Waals surface area contributed by atoms with Gasteiger partial charge >= 0.3 is 0 Å². The van der Waals surface area contributed by atoms with Crippen LogP contribution in [0.5, 0.6) is 5.75 Å². The molecule has 168 valence electrons. The minimum Gasteiger partial charge on any atom is -0.495 e. The molecule has 0 saturated carbocycles. The molecule has 0 fully saturated rings. The van der Waals surface area contributed by atoms with E-state index in [1.807, 2.05) is 37.3 Å². The number of benzene rings is 2. The predicted molar refractivity (Wildman–Crippen MR) is 120 cm³/mol. The second-order valence-corrected chi connectivity index (χ2v) is 9.15. The van der Waals surface area contributed by atoms with Crippen molar-refractivity contribution in [2.75, 3.05) is 31.3 Å². The molecule has 9 heteroatoms. The van der Waals surface area contributed by atoms with Gasteiger partial charge in [0.05, 0.1) is 19.1 Å². The minimum atomic E-state index is -3.81. The van der Waals surface area contributed by atoms with Gasteiger partial charge in [-0.1, -0.05) is 36.4 Å². The Morgan fingerprint density at radius 2 is 1.77 bits per heavy atom. The Morgan fingerprint density at radius 3 is 2.32 bits per heavy atom. The number of anilines is 1. The molecule has 1 atom stereocenters. The maximum atomic E-state index is 13.3. The fraction of sp³-hybridized carbons (Fsp3) is 0.364. The molecular formula is C22H29N3O5S. The van der Waals surface area contributed by atoms with Crippen molar-refractivity contribution < 1.29 is 22.7 Å². The van der Waals surface area contributed by atoms with Crippen LogP contribution in [0.25, 0.3) is 0 Å². The predicted octanol–water partition coefficient (Wildman–Crippen LogP) is 1.93. The van der Waals surface area contributed by atoms with Crippen molar-refractivity contribution in [2.24, 2.45) is 0 Å². The summed E-state index contributed by atoms with van der Waals surface area (Å²) in [5.41, 5.74) is 1.91. The van der Waals surface area contributed by atoms with Crippen LogP contribution in [0.3, 0.4) is 0 Å². The van der Waals surface area contributed by atoms with Crippen LogP contribution < -0.4 is 14.4 Å². The summed E-state index contributed by atoms with van der Waals surface area (Å²) in [5, 5.41) is 2.54. The molecule has 0 aliphatic heterocycles.